The summed E-state index contributed by atoms with van der Waals surface area (Å²) >= 11 is 3.31. The molecule has 2 nitrogen and oxygen atoms in total. The van der Waals surface area contributed by atoms with Gasteiger partial charge in [0.1, 0.15) is 5.82 Å². The Morgan fingerprint density at radius 1 is 1.18 bits per heavy atom. The lowest BCUT2D eigenvalue weighted by Crippen LogP contribution is -1.96. The van der Waals surface area contributed by atoms with Gasteiger partial charge in [-0.05, 0) is 48.9 Å². The average Bonchev–Trinajstić information content (AvgIpc) is 2.22. The molecule has 2 aromatic rings. The lowest BCUT2D eigenvalue weighted by Gasteiger charge is -2.09. The SMILES string of the molecule is Cc1cc(N)cc(Nc2cc(Br)ccc2F)c1. The normalized spacial score (nSPS) is 10.3. The van der Waals surface area contributed by atoms with E-state index in [0.29, 0.717) is 11.4 Å². The van der Waals surface area contributed by atoms with Gasteiger partial charge < -0.3 is 11.1 Å². The van der Waals surface area contributed by atoms with E-state index in [0.717, 1.165) is 15.7 Å². The number of anilines is 3. The van der Waals surface area contributed by atoms with Crippen LogP contribution in [0.15, 0.2) is 40.9 Å². The van der Waals surface area contributed by atoms with Crippen molar-refractivity contribution in [1.29, 1.82) is 0 Å². The molecule has 17 heavy (non-hydrogen) atoms. The van der Waals surface area contributed by atoms with Crippen molar-refractivity contribution in [3.8, 4) is 0 Å². The second-order valence-corrected chi connectivity index (χ2v) is 4.80. The number of benzene rings is 2. The van der Waals surface area contributed by atoms with E-state index < -0.39 is 0 Å². The minimum atomic E-state index is -0.298. The summed E-state index contributed by atoms with van der Waals surface area (Å²) in [6, 6.07) is 10.3. The van der Waals surface area contributed by atoms with Crippen LogP contribution in [0.1, 0.15) is 5.56 Å². The summed E-state index contributed by atoms with van der Waals surface area (Å²) in [6.07, 6.45) is 0. The lowest BCUT2D eigenvalue weighted by molar-refractivity contribution is 0.631. The van der Waals surface area contributed by atoms with Gasteiger partial charge in [-0.15, -0.1) is 0 Å². The number of nitrogen functional groups attached to an aromatic ring is 1. The Morgan fingerprint density at radius 2 is 1.94 bits per heavy atom. The van der Waals surface area contributed by atoms with E-state index in [-0.39, 0.29) is 5.82 Å². The number of aryl methyl sites for hydroxylation is 1. The van der Waals surface area contributed by atoms with Crippen LogP contribution in [-0.2, 0) is 0 Å². The first-order valence-corrected chi connectivity index (χ1v) is 5.93. The maximum atomic E-state index is 13.5. The second kappa shape index (κ2) is 4.75. The fourth-order valence-electron chi connectivity index (χ4n) is 1.63. The third-order valence-electron chi connectivity index (χ3n) is 2.31. The summed E-state index contributed by atoms with van der Waals surface area (Å²) in [5.74, 6) is -0.298. The zero-order chi connectivity index (χ0) is 12.4. The summed E-state index contributed by atoms with van der Waals surface area (Å²) in [5, 5.41) is 3.01. The van der Waals surface area contributed by atoms with Crippen LogP contribution in [-0.4, -0.2) is 0 Å². The van der Waals surface area contributed by atoms with E-state index in [1.54, 1.807) is 18.2 Å². The van der Waals surface area contributed by atoms with Crippen molar-refractivity contribution in [2.24, 2.45) is 0 Å². The Balaban J connectivity index is 2.34. The molecule has 2 aromatic carbocycles. The molecule has 0 unspecified atom stereocenters. The molecule has 3 N–H and O–H groups in total. The van der Waals surface area contributed by atoms with Crippen LogP contribution >= 0.6 is 15.9 Å². The summed E-state index contributed by atoms with van der Waals surface area (Å²) in [5.41, 5.74) is 8.62. The Labute approximate surface area is 108 Å². The highest BCUT2D eigenvalue weighted by molar-refractivity contribution is 9.10. The van der Waals surface area contributed by atoms with Crippen LogP contribution in [0.25, 0.3) is 0 Å². The van der Waals surface area contributed by atoms with Crippen molar-refractivity contribution in [3.05, 3.63) is 52.3 Å². The molecular weight excluding hydrogens is 283 g/mol. The number of hydrogen-bond donors (Lipinski definition) is 2. The Kier molecular flexibility index (Phi) is 3.33. The van der Waals surface area contributed by atoms with Crippen LogP contribution in [0, 0.1) is 12.7 Å². The van der Waals surface area contributed by atoms with Gasteiger partial charge in [0.2, 0.25) is 0 Å². The highest BCUT2D eigenvalue weighted by atomic mass is 79.9. The smallest absolute Gasteiger partial charge is 0.146 e. The summed E-state index contributed by atoms with van der Waals surface area (Å²) < 4.78 is 14.4. The molecule has 88 valence electrons. The van der Waals surface area contributed by atoms with Crippen LogP contribution in [0.3, 0.4) is 0 Å². The number of nitrogens with one attached hydrogen (secondary N) is 1. The predicted octanol–water partition coefficient (Wildman–Crippen LogP) is 4.22. The first-order valence-electron chi connectivity index (χ1n) is 5.14. The van der Waals surface area contributed by atoms with Crippen molar-refractivity contribution < 1.29 is 4.39 Å². The number of rotatable bonds is 2. The van der Waals surface area contributed by atoms with Gasteiger partial charge in [0.05, 0.1) is 5.69 Å². The summed E-state index contributed by atoms with van der Waals surface area (Å²) in [4.78, 5) is 0. The number of halogens is 2. The first-order chi connectivity index (χ1) is 8.04. The Bertz CT molecular complexity index is 535. The highest BCUT2D eigenvalue weighted by Gasteiger charge is 2.04. The fourth-order valence-corrected chi connectivity index (χ4v) is 1.99. The van der Waals surface area contributed by atoms with Crippen molar-refractivity contribution in [2.45, 2.75) is 6.92 Å². The molecule has 0 atom stereocenters. The van der Waals surface area contributed by atoms with Gasteiger partial charge in [0.25, 0.3) is 0 Å². The van der Waals surface area contributed by atoms with E-state index in [1.807, 2.05) is 19.1 Å². The Morgan fingerprint density at radius 3 is 2.65 bits per heavy atom. The quantitative estimate of drug-likeness (QED) is 0.814. The minimum absolute atomic E-state index is 0.298. The van der Waals surface area contributed by atoms with Gasteiger partial charge in [-0.2, -0.15) is 0 Å². The van der Waals surface area contributed by atoms with Crippen molar-refractivity contribution in [3.63, 3.8) is 0 Å². The number of hydrogen-bond acceptors (Lipinski definition) is 2. The molecule has 0 aliphatic carbocycles. The molecular formula is C13H12BrFN2. The molecule has 0 spiro atoms. The molecule has 2 rings (SSSR count). The second-order valence-electron chi connectivity index (χ2n) is 3.88. The third-order valence-corrected chi connectivity index (χ3v) is 2.80. The van der Waals surface area contributed by atoms with E-state index in [1.165, 1.54) is 6.07 Å². The molecule has 0 saturated carbocycles. The van der Waals surface area contributed by atoms with Gasteiger partial charge >= 0.3 is 0 Å². The molecule has 0 aromatic heterocycles. The fraction of sp³-hybridized carbons (Fsp3) is 0.0769. The molecule has 0 heterocycles. The standard InChI is InChI=1S/C13H12BrFN2/c1-8-4-10(16)7-11(5-8)17-13-6-9(14)2-3-12(13)15/h2-7,17H,16H2,1H3. The molecule has 0 amide bonds. The molecule has 0 aliphatic heterocycles. The van der Waals surface area contributed by atoms with E-state index in [9.17, 15) is 4.39 Å². The van der Waals surface area contributed by atoms with Crippen LogP contribution in [0.2, 0.25) is 0 Å². The van der Waals surface area contributed by atoms with Crippen LogP contribution in [0.4, 0.5) is 21.5 Å². The lowest BCUT2D eigenvalue weighted by atomic mass is 10.2. The maximum Gasteiger partial charge on any atom is 0.146 e. The molecule has 0 aliphatic rings. The van der Waals surface area contributed by atoms with Crippen LogP contribution < -0.4 is 11.1 Å². The zero-order valence-electron chi connectivity index (χ0n) is 9.30. The van der Waals surface area contributed by atoms with Crippen molar-refractivity contribution in [1.82, 2.24) is 0 Å². The predicted molar refractivity (Wildman–Crippen MR) is 73.0 cm³/mol. The first kappa shape index (κ1) is 11.9. The van der Waals surface area contributed by atoms with Gasteiger partial charge in [-0.3, -0.25) is 0 Å². The molecule has 4 heteroatoms. The van der Waals surface area contributed by atoms with Crippen molar-refractivity contribution in [2.75, 3.05) is 11.1 Å². The third kappa shape index (κ3) is 2.97. The largest absolute Gasteiger partial charge is 0.399 e. The number of nitrogens with two attached hydrogens (primary N) is 1. The highest BCUT2D eigenvalue weighted by Crippen LogP contribution is 2.25. The molecule has 0 bridgehead atoms. The molecule has 0 fully saturated rings. The van der Waals surface area contributed by atoms with Gasteiger partial charge in [0, 0.05) is 15.8 Å². The van der Waals surface area contributed by atoms with Gasteiger partial charge in [-0.25, -0.2) is 4.39 Å². The molecule has 0 saturated heterocycles. The maximum absolute atomic E-state index is 13.5. The van der Waals surface area contributed by atoms with Gasteiger partial charge in [-0.1, -0.05) is 15.9 Å². The minimum Gasteiger partial charge on any atom is -0.399 e. The summed E-state index contributed by atoms with van der Waals surface area (Å²) in [7, 11) is 0. The Hall–Kier alpha value is -1.55. The monoisotopic (exact) mass is 294 g/mol. The van der Waals surface area contributed by atoms with E-state index in [2.05, 4.69) is 21.2 Å². The summed E-state index contributed by atoms with van der Waals surface area (Å²) in [6.45, 7) is 1.94. The van der Waals surface area contributed by atoms with Crippen molar-refractivity contribution >= 4 is 33.0 Å². The zero-order valence-corrected chi connectivity index (χ0v) is 10.9. The molecule has 0 radical (unpaired) electrons. The van der Waals surface area contributed by atoms with E-state index in [4.69, 9.17) is 5.73 Å². The average molecular weight is 295 g/mol. The topological polar surface area (TPSA) is 38.0 Å². The van der Waals surface area contributed by atoms with Gasteiger partial charge in [0.15, 0.2) is 0 Å². The van der Waals surface area contributed by atoms with E-state index >= 15 is 0 Å². The van der Waals surface area contributed by atoms with Crippen LogP contribution in [0.5, 0.6) is 0 Å².